The molecule has 0 amide bonds. The molecule has 0 radical (unpaired) electrons. The van der Waals surface area contributed by atoms with Crippen LogP contribution in [0.1, 0.15) is 42.3 Å². The fraction of sp³-hybridized carbons (Fsp3) is 0.211. The Morgan fingerprint density at radius 3 is 2.18 bits per heavy atom. The standard InChI is InChI=1S/C19H18Cl2O/c1-19(2,3)15-8-4-14(5-9-15)18(22)11-7-13-6-10-16(20)12-17(13)21/h4-12H,1-3H3. The lowest BCUT2D eigenvalue weighted by Crippen LogP contribution is -2.11. The van der Waals surface area contributed by atoms with Crippen LogP contribution in [0.4, 0.5) is 0 Å². The molecule has 2 rings (SSSR count). The third-order valence-electron chi connectivity index (χ3n) is 3.41. The minimum absolute atomic E-state index is 0.0496. The number of carbonyl (C=O) groups excluding carboxylic acids is 1. The molecule has 0 bridgehead atoms. The smallest absolute Gasteiger partial charge is 0.185 e. The fourth-order valence-corrected chi connectivity index (χ4v) is 2.50. The average Bonchev–Trinajstić information content (AvgIpc) is 2.45. The predicted molar refractivity (Wildman–Crippen MR) is 95.0 cm³/mol. The Labute approximate surface area is 141 Å². The second-order valence-corrected chi connectivity index (χ2v) is 7.03. The Bertz CT molecular complexity index is 707. The van der Waals surface area contributed by atoms with Crippen LogP contribution in [0.3, 0.4) is 0 Å². The zero-order valence-corrected chi connectivity index (χ0v) is 14.4. The van der Waals surface area contributed by atoms with E-state index in [0.717, 1.165) is 5.56 Å². The van der Waals surface area contributed by atoms with Gasteiger partial charge in [-0.05, 0) is 40.8 Å². The van der Waals surface area contributed by atoms with Gasteiger partial charge < -0.3 is 0 Å². The molecule has 0 fully saturated rings. The maximum Gasteiger partial charge on any atom is 0.185 e. The number of ketones is 1. The highest BCUT2D eigenvalue weighted by Crippen LogP contribution is 2.24. The monoisotopic (exact) mass is 332 g/mol. The Hall–Kier alpha value is -1.57. The zero-order chi connectivity index (χ0) is 16.3. The molecule has 22 heavy (non-hydrogen) atoms. The van der Waals surface area contributed by atoms with Crippen molar-refractivity contribution in [2.24, 2.45) is 0 Å². The van der Waals surface area contributed by atoms with Crippen LogP contribution in [0.5, 0.6) is 0 Å². The van der Waals surface area contributed by atoms with Crippen LogP contribution in [0.2, 0.25) is 10.0 Å². The maximum absolute atomic E-state index is 12.2. The first-order valence-corrected chi connectivity index (χ1v) is 7.81. The van der Waals surface area contributed by atoms with Crippen molar-refractivity contribution in [3.63, 3.8) is 0 Å². The number of hydrogen-bond acceptors (Lipinski definition) is 1. The van der Waals surface area contributed by atoms with E-state index in [1.54, 1.807) is 24.3 Å². The van der Waals surface area contributed by atoms with Crippen molar-refractivity contribution in [3.8, 4) is 0 Å². The van der Waals surface area contributed by atoms with Crippen molar-refractivity contribution in [2.75, 3.05) is 0 Å². The summed E-state index contributed by atoms with van der Waals surface area (Å²) in [5.41, 5.74) is 2.71. The summed E-state index contributed by atoms with van der Waals surface area (Å²) in [5.74, 6) is -0.0496. The summed E-state index contributed by atoms with van der Waals surface area (Å²) in [5, 5.41) is 1.10. The number of allylic oxidation sites excluding steroid dienone is 1. The molecule has 0 spiro atoms. The highest BCUT2D eigenvalue weighted by Gasteiger charge is 2.13. The number of carbonyl (C=O) groups is 1. The lowest BCUT2D eigenvalue weighted by molar-refractivity contribution is 0.104. The lowest BCUT2D eigenvalue weighted by atomic mass is 9.86. The van der Waals surface area contributed by atoms with E-state index in [1.165, 1.54) is 11.6 Å². The van der Waals surface area contributed by atoms with Crippen LogP contribution in [-0.2, 0) is 5.41 Å². The SMILES string of the molecule is CC(C)(C)c1ccc(C(=O)C=Cc2ccc(Cl)cc2Cl)cc1. The van der Waals surface area contributed by atoms with E-state index in [9.17, 15) is 4.79 Å². The van der Waals surface area contributed by atoms with Gasteiger partial charge in [0.25, 0.3) is 0 Å². The number of halogens is 2. The van der Waals surface area contributed by atoms with Gasteiger partial charge in [-0.15, -0.1) is 0 Å². The molecule has 114 valence electrons. The first-order valence-electron chi connectivity index (χ1n) is 7.05. The van der Waals surface area contributed by atoms with Crippen molar-refractivity contribution in [1.29, 1.82) is 0 Å². The number of hydrogen-bond donors (Lipinski definition) is 0. The van der Waals surface area contributed by atoms with Crippen molar-refractivity contribution in [2.45, 2.75) is 26.2 Å². The highest BCUT2D eigenvalue weighted by molar-refractivity contribution is 6.35. The van der Waals surface area contributed by atoms with Crippen LogP contribution in [0.15, 0.2) is 48.5 Å². The van der Waals surface area contributed by atoms with Crippen LogP contribution >= 0.6 is 23.2 Å². The highest BCUT2D eigenvalue weighted by atomic mass is 35.5. The minimum atomic E-state index is -0.0496. The molecule has 0 aliphatic carbocycles. The largest absolute Gasteiger partial charge is 0.289 e. The zero-order valence-electron chi connectivity index (χ0n) is 12.9. The van der Waals surface area contributed by atoms with Crippen molar-refractivity contribution in [1.82, 2.24) is 0 Å². The molecule has 0 unspecified atom stereocenters. The molecule has 0 aromatic heterocycles. The number of benzene rings is 2. The molecule has 0 saturated carbocycles. The molecule has 0 N–H and O–H groups in total. The van der Waals surface area contributed by atoms with E-state index in [-0.39, 0.29) is 11.2 Å². The second-order valence-electron chi connectivity index (χ2n) is 6.19. The van der Waals surface area contributed by atoms with Gasteiger partial charge in [0.05, 0.1) is 0 Å². The van der Waals surface area contributed by atoms with Gasteiger partial charge in [-0.2, -0.15) is 0 Å². The van der Waals surface area contributed by atoms with Crippen LogP contribution in [0, 0.1) is 0 Å². The Balaban J connectivity index is 2.16. The quantitative estimate of drug-likeness (QED) is 0.484. The second kappa shape index (κ2) is 6.68. The summed E-state index contributed by atoms with van der Waals surface area (Å²) in [6, 6.07) is 12.9. The molecule has 1 nitrogen and oxygen atoms in total. The Morgan fingerprint density at radius 1 is 1.00 bits per heavy atom. The first kappa shape index (κ1) is 16.8. The normalized spacial score (nSPS) is 11.9. The van der Waals surface area contributed by atoms with E-state index in [4.69, 9.17) is 23.2 Å². The topological polar surface area (TPSA) is 17.1 Å². The molecular weight excluding hydrogens is 315 g/mol. The van der Waals surface area contributed by atoms with Crippen LogP contribution in [0.25, 0.3) is 6.08 Å². The first-order chi connectivity index (χ1) is 10.3. The van der Waals surface area contributed by atoms with E-state index >= 15 is 0 Å². The van der Waals surface area contributed by atoms with Crippen LogP contribution < -0.4 is 0 Å². The van der Waals surface area contributed by atoms with Crippen LogP contribution in [-0.4, -0.2) is 5.78 Å². The molecule has 0 aliphatic rings. The molecule has 2 aromatic carbocycles. The van der Waals surface area contributed by atoms with Crippen molar-refractivity contribution >= 4 is 35.1 Å². The van der Waals surface area contributed by atoms with Gasteiger partial charge >= 0.3 is 0 Å². The van der Waals surface area contributed by atoms with E-state index in [0.29, 0.717) is 15.6 Å². The predicted octanol–water partition coefficient (Wildman–Crippen LogP) is 6.19. The average molecular weight is 333 g/mol. The molecule has 0 aliphatic heterocycles. The maximum atomic E-state index is 12.2. The van der Waals surface area contributed by atoms with Gasteiger partial charge in [-0.3, -0.25) is 4.79 Å². The summed E-state index contributed by atoms with van der Waals surface area (Å²) in [4.78, 5) is 12.2. The molecule has 0 saturated heterocycles. The summed E-state index contributed by atoms with van der Waals surface area (Å²) >= 11 is 11.9. The van der Waals surface area contributed by atoms with Crippen molar-refractivity contribution < 1.29 is 4.79 Å². The molecular formula is C19H18Cl2O. The fourth-order valence-electron chi connectivity index (χ4n) is 2.03. The van der Waals surface area contributed by atoms with Gasteiger partial charge in [-0.1, -0.05) is 74.3 Å². The summed E-state index contributed by atoms with van der Waals surface area (Å²) in [6.07, 6.45) is 3.24. The van der Waals surface area contributed by atoms with Gasteiger partial charge in [-0.25, -0.2) is 0 Å². The minimum Gasteiger partial charge on any atom is -0.289 e. The molecule has 0 heterocycles. The third kappa shape index (κ3) is 4.22. The molecule has 0 atom stereocenters. The van der Waals surface area contributed by atoms with Gasteiger partial charge in [0.15, 0.2) is 5.78 Å². The van der Waals surface area contributed by atoms with E-state index in [2.05, 4.69) is 20.8 Å². The van der Waals surface area contributed by atoms with E-state index < -0.39 is 0 Å². The van der Waals surface area contributed by atoms with Gasteiger partial charge in [0, 0.05) is 15.6 Å². The number of rotatable bonds is 3. The summed E-state index contributed by atoms with van der Waals surface area (Å²) in [7, 11) is 0. The summed E-state index contributed by atoms with van der Waals surface area (Å²) in [6.45, 7) is 6.44. The lowest BCUT2D eigenvalue weighted by Gasteiger charge is -2.18. The van der Waals surface area contributed by atoms with Crippen molar-refractivity contribution in [3.05, 3.63) is 75.3 Å². The van der Waals surface area contributed by atoms with E-state index in [1.807, 2.05) is 24.3 Å². The van der Waals surface area contributed by atoms with Gasteiger partial charge in [0.2, 0.25) is 0 Å². The third-order valence-corrected chi connectivity index (χ3v) is 3.97. The van der Waals surface area contributed by atoms with Gasteiger partial charge in [0.1, 0.15) is 0 Å². The molecule has 3 heteroatoms. The Kier molecular flexibility index (Phi) is 5.10. The summed E-state index contributed by atoms with van der Waals surface area (Å²) < 4.78 is 0. The Morgan fingerprint density at radius 2 is 1.64 bits per heavy atom. The molecule has 2 aromatic rings.